The molecule has 2 aromatic carbocycles. The van der Waals surface area contributed by atoms with E-state index in [4.69, 9.17) is 5.73 Å². The number of amides is 1. The van der Waals surface area contributed by atoms with Gasteiger partial charge in [0, 0.05) is 17.2 Å². The summed E-state index contributed by atoms with van der Waals surface area (Å²) in [5.74, 6) is 0.698. The molecule has 0 bridgehead atoms. The van der Waals surface area contributed by atoms with Crippen LogP contribution >= 0.6 is 11.8 Å². The predicted octanol–water partition coefficient (Wildman–Crippen LogP) is 3.21. The topological polar surface area (TPSA) is 55.1 Å². The van der Waals surface area contributed by atoms with Gasteiger partial charge in [0.1, 0.15) is 6.04 Å². The summed E-state index contributed by atoms with van der Waals surface area (Å²) in [6.07, 6.45) is 0. The summed E-state index contributed by atoms with van der Waals surface area (Å²) < 4.78 is 0. The molecule has 0 aromatic heterocycles. The first kappa shape index (κ1) is 16.6. The van der Waals surface area contributed by atoms with Gasteiger partial charge in [-0.2, -0.15) is 0 Å². The Morgan fingerprint density at radius 3 is 2.18 bits per heavy atom. The molecule has 0 heterocycles. The third kappa shape index (κ3) is 4.90. The molecule has 0 aliphatic carbocycles. The quantitative estimate of drug-likeness (QED) is 0.636. The average Bonchev–Trinajstić information content (AvgIpc) is 2.53. The van der Waals surface area contributed by atoms with E-state index in [0.717, 1.165) is 16.9 Å². The second-order valence-electron chi connectivity index (χ2n) is 5.34. The van der Waals surface area contributed by atoms with E-state index in [1.165, 1.54) is 10.5 Å². The molecule has 3 nitrogen and oxygen atoms in total. The second kappa shape index (κ2) is 8.01. The molecule has 0 radical (unpaired) electrons. The Bertz CT molecular complexity index is 608. The molecule has 1 unspecified atom stereocenters. The van der Waals surface area contributed by atoms with Gasteiger partial charge in [-0.05, 0) is 31.5 Å². The van der Waals surface area contributed by atoms with Gasteiger partial charge in [0.2, 0.25) is 5.91 Å². The Morgan fingerprint density at radius 2 is 1.59 bits per heavy atom. The van der Waals surface area contributed by atoms with E-state index in [9.17, 15) is 4.79 Å². The summed E-state index contributed by atoms with van der Waals surface area (Å²) in [6.45, 7) is 4.69. The Morgan fingerprint density at radius 1 is 1.05 bits per heavy atom. The lowest BCUT2D eigenvalue weighted by Crippen LogP contribution is -2.35. The van der Waals surface area contributed by atoms with Crippen LogP contribution in [0.2, 0.25) is 0 Å². The summed E-state index contributed by atoms with van der Waals surface area (Å²) in [6, 6.07) is 15.5. The zero-order valence-corrected chi connectivity index (χ0v) is 13.8. The fraction of sp³-hybridized carbons (Fsp3) is 0.278. The Balaban J connectivity index is 1.75. The Labute approximate surface area is 136 Å². The smallest absolute Gasteiger partial charge is 0.241 e. The number of rotatable bonds is 6. The average molecular weight is 314 g/mol. The van der Waals surface area contributed by atoms with Crippen LogP contribution in [0, 0.1) is 13.8 Å². The third-order valence-corrected chi connectivity index (χ3v) is 4.42. The fourth-order valence-electron chi connectivity index (χ4n) is 2.01. The minimum Gasteiger partial charge on any atom is -0.354 e. The number of benzene rings is 2. The van der Waals surface area contributed by atoms with Crippen LogP contribution in [0.3, 0.4) is 0 Å². The van der Waals surface area contributed by atoms with Crippen LogP contribution < -0.4 is 11.1 Å². The fourth-order valence-corrected chi connectivity index (χ4v) is 2.78. The number of carbonyl (C=O) groups is 1. The maximum atomic E-state index is 12.0. The number of hydrogen-bond acceptors (Lipinski definition) is 3. The van der Waals surface area contributed by atoms with E-state index >= 15 is 0 Å². The zero-order chi connectivity index (χ0) is 15.9. The first-order valence-electron chi connectivity index (χ1n) is 7.35. The number of hydrogen-bond donors (Lipinski definition) is 2. The first-order valence-corrected chi connectivity index (χ1v) is 8.34. The van der Waals surface area contributed by atoms with Crippen molar-refractivity contribution in [2.45, 2.75) is 24.8 Å². The molecule has 0 spiro atoms. The highest BCUT2D eigenvalue weighted by molar-refractivity contribution is 7.99. The van der Waals surface area contributed by atoms with Crippen LogP contribution in [0.1, 0.15) is 22.7 Å². The molecule has 0 fully saturated rings. The van der Waals surface area contributed by atoms with E-state index in [0.29, 0.717) is 6.54 Å². The van der Waals surface area contributed by atoms with Crippen molar-refractivity contribution in [2.24, 2.45) is 5.73 Å². The van der Waals surface area contributed by atoms with Gasteiger partial charge in [-0.15, -0.1) is 11.8 Å². The van der Waals surface area contributed by atoms with Crippen molar-refractivity contribution in [3.05, 3.63) is 65.2 Å². The molecular weight excluding hydrogens is 292 g/mol. The molecule has 1 atom stereocenters. The molecule has 4 heteroatoms. The van der Waals surface area contributed by atoms with Gasteiger partial charge < -0.3 is 11.1 Å². The third-order valence-electron chi connectivity index (χ3n) is 3.41. The van der Waals surface area contributed by atoms with Crippen LogP contribution in [-0.2, 0) is 4.79 Å². The minimum absolute atomic E-state index is 0.131. The van der Waals surface area contributed by atoms with Crippen LogP contribution in [0.25, 0.3) is 0 Å². The van der Waals surface area contributed by atoms with Crippen molar-refractivity contribution in [3.63, 3.8) is 0 Å². The van der Waals surface area contributed by atoms with Crippen molar-refractivity contribution in [3.8, 4) is 0 Å². The number of aryl methyl sites for hydroxylation is 2. The van der Waals surface area contributed by atoms with Crippen LogP contribution in [-0.4, -0.2) is 18.2 Å². The van der Waals surface area contributed by atoms with Gasteiger partial charge in [-0.3, -0.25) is 4.79 Å². The molecule has 116 valence electrons. The van der Waals surface area contributed by atoms with Gasteiger partial charge >= 0.3 is 0 Å². The highest BCUT2D eigenvalue weighted by Crippen LogP contribution is 2.17. The molecule has 0 saturated heterocycles. The molecule has 2 rings (SSSR count). The van der Waals surface area contributed by atoms with Crippen molar-refractivity contribution >= 4 is 17.7 Å². The standard InChI is InChI=1S/C18H22N2OS/c1-13-3-7-15(8-4-13)17(19)18(21)20-11-12-22-16-9-5-14(2)6-10-16/h3-10,17H,11-12,19H2,1-2H3,(H,20,21). The lowest BCUT2D eigenvalue weighted by Gasteiger charge is -2.12. The summed E-state index contributed by atoms with van der Waals surface area (Å²) >= 11 is 1.73. The van der Waals surface area contributed by atoms with Gasteiger partial charge in [0.25, 0.3) is 0 Å². The summed E-state index contributed by atoms with van der Waals surface area (Å²) in [4.78, 5) is 13.2. The van der Waals surface area contributed by atoms with Crippen molar-refractivity contribution in [1.82, 2.24) is 5.32 Å². The highest BCUT2D eigenvalue weighted by atomic mass is 32.2. The van der Waals surface area contributed by atoms with Crippen molar-refractivity contribution < 1.29 is 4.79 Å². The summed E-state index contributed by atoms with van der Waals surface area (Å²) in [5.41, 5.74) is 9.23. The molecule has 22 heavy (non-hydrogen) atoms. The Kier molecular flexibility index (Phi) is 6.04. The monoisotopic (exact) mass is 314 g/mol. The van der Waals surface area contributed by atoms with Crippen molar-refractivity contribution in [2.75, 3.05) is 12.3 Å². The first-order chi connectivity index (χ1) is 10.6. The highest BCUT2D eigenvalue weighted by Gasteiger charge is 2.14. The maximum Gasteiger partial charge on any atom is 0.241 e. The molecule has 0 saturated carbocycles. The SMILES string of the molecule is Cc1ccc(SCCNC(=O)C(N)c2ccc(C)cc2)cc1. The van der Waals surface area contributed by atoms with Gasteiger partial charge in [-0.25, -0.2) is 0 Å². The normalized spacial score (nSPS) is 12.0. The number of thioether (sulfide) groups is 1. The zero-order valence-electron chi connectivity index (χ0n) is 13.0. The number of nitrogens with two attached hydrogens (primary N) is 1. The molecule has 3 N–H and O–H groups in total. The lowest BCUT2D eigenvalue weighted by atomic mass is 10.1. The molecule has 0 aliphatic rings. The maximum absolute atomic E-state index is 12.0. The van der Waals surface area contributed by atoms with Crippen LogP contribution in [0.4, 0.5) is 0 Å². The molecular formula is C18H22N2OS. The van der Waals surface area contributed by atoms with Crippen LogP contribution in [0.15, 0.2) is 53.4 Å². The summed E-state index contributed by atoms with van der Waals surface area (Å²) in [7, 11) is 0. The van der Waals surface area contributed by atoms with Gasteiger partial charge in [-0.1, -0.05) is 47.5 Å². The van der Waals surface area contributed by atoms with Crippen LogP contribution in [0.5, 0.6) is 0 Å². The van der Waals surface area contributed by atoms with E-state index in [-0.39, 0.29) is 5.91 Å². The second-order valence-corrected chi connectivity index (χ2v) is 6.51. The lowest BCUT2D eigenvalue weighted by molar-refractivity contribution is -0.122. The van der Waals surface area contributed by atoms with Gasteiger partial charge in [0.05, 0.1) is 0 Å². The molecule has 1 amide bonds. The predicted molar refractivity (Wildman–Crippen MR) is 93.0 cm³/mol. The van der Waals surface area contributed by atoms with E-state index in [1.54, 1.807) is 11.8 Å². The van der Waals surface area contributed by atoms with Gasteiger partial charge in [0.15, 0.2) is 0 Å². The largest absolute Gasteiger partial charge is 0.354 e. The summed E-state index contributed by atoms with van der Waals surface area (Å²) in [5, 5.41) is 2.89. The number of carbonyl (C=O) groups excluding carboxylic acids is 1. The van der Waals surface area contributed by atoms with E-state index in [2.05, 4.69) is 36.5 Å². The molecule has 0 aliphatic heterocycles. The van der Waals surface area contributed by atoms with Crippen molar-refractivity contribution in [1.29, 1.82) is 0 Å². The Hall–Kier alpha value is -1.78. The molecule has 2 aromatic rings. The van der Waals surface area contributed by atoms with E-state index < -0.39 is 6.04 Å². The van der Waals surface area contributed by atoms with E-state index in [1.807, 2.05) is 31.2 Å². The number of nitrogens with one attached hydrogen (secondary N) is 1. The minimum atomic E-state index is -0.607.